The second-order valence-electron chi connectivity index (χ2n) is 6.63. The van der Waals surface area contributed by atoms with Gasteiger partial charge >= 0.3 is 0 Å². The number of halogens is 2. The van der Waals surface area contributed by atoms with E-state index in [1.54, 1.807) is 36.4 Å². The molecule has 0 aliphatic heterocycles. The number of hydrogen-bond donors (Lipinski definition) is 2. The molecule has 0 heterocycles. The maximum absolute atomic E-state index is 14.0. The Labute approximate surface area is 185 Å². The van der Waals surface area contributed by atoms with Gasteiger partial charge in [-0.3, -0.25) is 4.79 Å². The largest absolute Gasteiger partial charge is 0.495 e. The Hall–Kier alpha value is -2.94. The third kappa shape index (κ3) is 5.81. The topological polar surface area (TPSA) is 84.5 Å². The summed E-state index contributed by atoms with van der Waals surface area (Å²) in [6, 6.07) is 17.4. The van der Waals surface area contributed by atoms with Crippen LogP contribution in [0.1, 0.15) is 5.56 Å². The molecule has 0 spiro atoms. The van der Waals surface area contributed by atoms with Crippen molar-refractivity contribution in [3.8, 4) is 5.75 Å². The summed E-state index contributed by atoms with van der Waals surface area (Å²) in [6.45, 7) is 0. The summed E-state index contributed by atoms with van der Waals surface area (Å²) in [4.78, 5) is 12.7. The van der Waals surface area contributed by atoms with Crippen molar-refractivity contribution in [3.63, 3.8) is 0 Å². The monoisotopic (exact) mass is 462 g/mol. The highest BCUT2D eigenvalue weighted by Gasteiger charge is 2.29. The molecular weight excluding hydrogens is 443 g/mol. The fraction of sp³-hybridized carbons (Fsp3) is 0.136. The minimum absolute atomic E-state index is 0.0449. The zero-order chi connectivity index (χ0) is 22.4. The van der Waals surface area contributed by atoms with Crippen LogP contribution in [0.3, 0.4) is 0 Å². The molecule has 1 atom stereocenters. The molecule has 0 aromatic heterocycles. The summed E-state index contributed by atoms with van der Waals surface area (Å²) >= 11 is 5.96. The van der Waals surface area contributed by atoms with Crippen LogP contribution in [0.2, 0.25) is 5.02 Å². The van der Waals surface area contributed by atoms with Crippen LogP contribution in [0.4, 0.5) is 10.1 Å². The van der Waals surface area contributed by atoms with Crippen molar-refractivity contribution >= 4 is 33.2 Å². The van der Waals surface area contributed by atoms with Gasteiger partial charge in [-0.2, -0.15) is 4.72 Å². The Morgan fingerprint density at radius 1 is 1.06 bits per heavy atom. The maximum Gasteiger partial charge on any atom is 0.245 e. The molecule has 0 aliphatic rings. The molecule has 6 nitrogen and oxygen atoms in total. The molecule has 162 valence electrons. The zero-order valence-corrected chi connectivity index (χ0v) is 18.1. The molecule has 0 aliphatic carbocycles. The molecule has 0 radical (unpaired) electrons. The third-order valence-corrected chi connectivity index (χ3v) is 6.17. The van der Waals surface area contributed by atoms with Gasteiger partial charge in [0.25, 0.3) is 0 Å². The quantitative estimate of drug-likeness (QED) is 0.529. The van der Waals surface area contributed by atoms with Crippen LogP contribution < -0.4 is 14.8 Å². The molecule has 0 fully saturated rings. The second-order valence-corrected chi connectivity index (χ2v) is 8.75. The lowest BCUT2D eigenvalue weighted by Crippen LogP contribution is -2.45. The van der Waals surface area contributed by atoms with E-state index in [0.717, 1.165) is 5.56 Å². The van der Waals surface area contributed by atoms with Gasteiger partial charge in [0.15, 0.2) is 0 Å². The van der Waals surface area contributed by atoms with Crippen LogP contribution in [-0.4, -0.2) is 27.5 Å². The summed E-state index contributed by atoms with van der Waals surface area (Å²) in [5.41, 5.74) is 0.669. The Morgan fingerprint density at radius 3 is 2.42 bits per heavy atom. The van der Waals surface area contributed by atoms with Crippen LogP contribution in [0, 0.1) is 5.82 Å². The lowest BCUT2D eigenvalue weighted by molar-refractivity contribution is -0.117. The molecule has 0 saturated carbocycles. The summed E-state index contributed by atoms with van der Waals surface area (Å²) in [5.74, 6) is -1.27. The maximum atomic E-state index is 14.0. The molecule has 0 unspecified atom stereocenters. The minimum Gasteiger partial charge on any atom is -0.495 e. The molecule has 1 amide bonds. The van der Waals surface area contributed by atoms with Crippen molar-refractivity contribution in [1.82, 2.24) is 4.72 Å². The summed E-state index contributed by atoms with van der Waals surface area (Å²) in [6.07, 6.45) is 0.0449. The number of para-hydroxylation sites is 1. The number of nitrogens with one attached hydrogen (secondary N) is 2. The van der Waals surface area contributed by atoms with Gasteiger partial charge in [-0.05, 0) is 42.3 Å². The molecule has 3 aromatic rings. The number of sulfonamides is 1. The second kappa shape index (κ2) is 9.91. The smallest absolute Gasteiger partial charge is 0.245 e. The van der Waals surface area contributed by atoms with Crippen LogP contribution in [0.25, 0.3) is 0 Å². The van der Waals surface area contributed by atoms with E-state index in [4.69, 9.17) is 16.3 Å². The molecule has 3 aromatic carbocycles. The number of carbonyl (C=O) groups is 1. The first-order chi connectivity index (χ1) is 14.8. The third-order valence-electron chi connectivity index (χ3n) is 4.44. The highest BCUT2D eigenvalue weighted by atomic mass is 35.5. The lowest BCUT2D eigenvalue weighted by atomic mass is 10.1. The van der Waals surface area contributed by atoms with Crippen molar-refractivity contribution in [3.05, 3.63) is 89.2 Å². The van der Waals surface area contributed by atoms with Crippen molar-refractivity contribution in [2.24, 2.45) is 0 Å². The van der Waals surface area contributed by atoms with Gasteiger partial charge < -0.3 is 10.1 Å². The van der Waals surface area contributed by atoms with Crippen molar-refractivity contribution in [1.29, 1.82) is 0 Å². The summed E-state index contributed by atoms with van der Waals surface area (Å²) < 4.78 is 47.7. The number of anilines is 1. The number of hydrogen-bond acceptors (Lipinski definition) is 4. The fourth-order valence-electron chi connectivity index (χ4n) is 2.93. The number of amides is 1. The van der Waals surface area contributed by atoms with Gasteiger partial charge in [0, 0.05) is 5.02 Å². The van der Waals surface area contributed by atoms with Crippen molar-refractivity contribution < 1.29 is 22.3 Å². The van der Waals surface area contributed by atoms with E-state index < -0.39 is 27.8 Å². The van der Waals surface area contributed by atoms with Gasteiger partial charge in [0.1, 0.15) is 22.5 Å². The van der Waals surface area contributed by atoms with E-state index in [1.165, 1.54) is 43.5 Å². The van der Waals surface area contributed by atoms with E-state index in [-0.39, 0.29) is 27.8 Å². The molecule has 3 rings (SSSR count). The highest BCUT2D eigenvalue weighted by molar-refractivity contribution is 7.89. The fourth-order valence-corrected chi connectivity index (χ4v) is 4.56. The average molecular weight is 463 g/mol. The van der Waals surface area contributed by atoms with Gasteiger partial charge in [-0.1, -0.05) is 54.1 Å². The number of benzene rings is 3. The molecular formula is C22H20ClFN2O4S. The number of carbonyl (C=O) groups excluding carboxylic acids is 1. The molecule has 0 saturated heterocycles. The Morgan fingerprint density at radius 2 is 1.74 bits per heavy atom. The average Bonchev–Trinajstić information content (AvgIpc) is 2.75. The van der Waals surface area contributed by atoms with Gasteiger partial charge in [0.2, 0.25) is 15.9 Å². The standard InChI is InChI=1S/C22H20ClFN2O4S/c1-30-20-12-11-16(23)14-21(20)31(28,29)26-19(13-15-7-3-2-4-8-15)22(27)25-18-10-6-5-9-17(18)24/h2-12,14,19,26H,13H2,1H3,(H,25,27)/t19-/m0/s1. The number of ether oxygens (including phenoxy) is 1. The molecule has 9 heteroatoms. The first-order valence-corrected chi connectivity index (χ1v) is 11.1. The predicted octanol–water partition coefficient (Wildman–Crippen LogP) is 4.02. The minimum atomic E-state index is -4.21. The molecule has 2 N–H and O–H groups in total. The van der Waals surface area contributed by atoms with Gasteiger partial charge in [0.05, 0.1) is 12.8 Å². The SMILES string of the molecule is COc1ccc(Cl)cc1S(=O)(=O)N[C@@H](Cc1ccccc1)C(=O)Nc1ccccc1F. The lowest BCUT2D eigenvalue weighted by Gasteiger charge is -2.20. The zero-order valence-electron chi connectivity index (χ0n) is 16.5. The van der Waals surface area contributed by atoms with Crippen LogP contribution >= 0.6 is 11.6 Å². The van der Waals surface area contributed by atoms with E-state index >= 15 is 0 Å². The van der Waals surface area contributed by atoms with E-state index in [1.807, 2.05) is 0 Å². The summed E-state index contributed by atoms with van der Waals surface area (Å²) in [7, 11) is -2.88. The van der Waals surface area contributed by atoms with E-state index in [2.05, 4.69) is 10.0 Å². The highest BCUT2D eigenvalue weighted by Crippen LogP contribution is 2.27. The van der Waals surface area contributed by atoms with Crippen molar-refractivity contribution in [2.75, 3.05) is 12.4 Å². The first kappa shape index (κ1) is 22.7. The number of rotatable bonds is 8. The van der Waals surface area contributed by atoms with E-state index in [9.17, 15) is 17.6 Å². The normalized spacial score (nSPS) is 12.2. The van der Waals surface area contributed by atoms with Crippen LogP contribution in [-0.2, 0) is 21.2 Å². The van der Waals surface area contributed by atoms with E-state index in [0.29, 0.717) is 0 Å². The Kier molecular flexibility index (Phi) is 7.27. The van der Waals surface area contributed by atoms with Gasteiger partial charge in [-0.15, -0.1) is 0 Å². The van der Waals surface area contributed by atoms with Crippen LogP contribution in [0.5, 0.6) is 5.75 Å². The predicted molar refractivity (Wildman–Crippen MR) is 117 cm³/mol. The number of methoxy groups -OCH3 is 1. The first-order valence-electron chi connectivity index (χ1n) is 9.25. The molecule has 31 heavy (non-hydrogen) atoms. The summed E-state index contributed by atoms with van der Waals surface area (Å²) in [5, 5.41) is 2.64. The van der Waals surface area contributed by atoms with Gasteiger partial charge in [-0.25, -0.2) is 12.8 Å². The Bertz CT molecular complexity index is 1170. The molecule has 0 bridgehead atoms. The van der Waals surface area contributed by atoms with Crippen molar-refractivity contribution in [2.45, 2.75) is 17.4 Å². The van der Waals surface area contributed by atoms with Crippen LogP contribution in [0.15, 0.2) is 77.7 Å². The Balaban J connectivity index is 1.93.